The number of ether oxygens (including phenoxy) is 1. The van der Waals surface area contributed by atoms with Gasteiger partial charge in [0, 0.05) is 32.7 Å². The zero-order chi connectivity index (χ0) is 13.3. The molecule has 0 spiro atoms. The average Bonchev–Trinajstić information content (AvgIpc) is 2.23. The van der Waals surface area contributed by atoms with Crippen molar-refractivity contribution < 1.29 is 19.4 Å². The second-order valence-electron chi connectivity index (χ2n) is 4.12. The molecule has 0 bridgehead atoms. The molecule has 0 aliphatic heterocycles. The number of rotatable bonds is 9. The van der Waals surface area contributed by atoms with Crippen LogP contribution in [0.15, 0.2) is 0 Å². The van der Waals surface area contributed by atoms with Crippen molar-refractivity contribution in [2.75, 3.05) is 20.2 Å². The monoisotopic (exact) mass is 246 g/mol. The van der Waals surface area contributed by atoms with Gasteiger partial charge in [-0.3, -0.25) is 9.59 Å². The number of hydrogen-bond acceptors (Lipinski definition) is 4. The predicted octanol–water partition coefficient (Wildman–Crippen LogP) is -0.0196. The summed E-state index contributed by atoms with van der Waals surface area (Å²) in [5, 5.41) is 14.3. The average molecular weight is 246 g/mol. The van der Waals surface area contributed by atoms with Crippen LogP contribution in [0, 0.1) is 0 Å². The van der Waals surface area contributed by atoms with E-state index in [1.54, 1.807) is 0 Å². The normalized spacial score (nSPS) is 12.5. The van der Waals surface area contributed by atoms with Crippen molar-refractivity contribution in [2.45, 2.75) is 38.8 Å². The van der Waals surface area contributed by atoms with Gasteiger partial charge in [0.05, 0.1) is 12.5 Å². The van der Waals surface area contributed by atoms with Crippen molar-refractivity contribution in [3.63, 3.8) is 0 Å². The third-order valence-electron chi connectivity index (χ3n) is 2.17. The van der Waals surface area contributed by atoms with Crippen LogP contribution in [-0.2, 0) is 14.3 Å². The van der Waals surface area contributed by atoms with E-state index < -0.39 is 12.1 Å². The molecule has 0 saturated heterocycles. The van der Waals surface area contributed by atoms with E-state index in [1.165, 1.54) is 7.11 Å². The van der Waals surface area contributed by atoms with Crippen molar-refractivity contribution in [2.24, 2.45) is 0 Å². The number of carboxylic acids is 1. The van der Waals surface area contributed by atoms with E-state index in [0.717, 1.165) is 0 Å². The van der Waals surface area contributed by atoms with Gasteiger partial charge in [-0.15, -0.1) is 0 Å². The van der Waals surface area contributed by atoms with E-state index in [1.807, 2.05) is 13.8 Å². The summed E-state index contributed by atoms with van der Waals surface area (Å²) in [6.45, 7) is 4.85. The highest BCUT2D eigenvalue weighted by Gasteiger charge is 2.13. The summed E-state index contributed by atoms with van der Waals surface area (Å²) >= 11 is 0. The van der Waals surface area contributed by atoms with Crippen LogP contribution in [0.25, 0.3) is 0 Å². The molecule has 1 amide bonds. The number of methoxy groups -OCH3 is 1. The van der Waals surface area contributed by atoms with E-state index in [2.05, 4.69) is 10.6 Å². The Morgan fingerprint density at radius 1 is 1.35 bits per heavy atom. The summed E-state index contributed by atoms with van der Waals surface area (Å²) in [7, 11) is 1.43. The molecule has 100 valence electrons. The SMILES string of the molecule is COC(CNC(=O)CCNC(C)C)CC(=O)O. The number of carboxylic acid groups (broad SMARTS) is 1. The standard InChI is InChI=1S/C11H22N2O4/c1-8(2)12-5-4-10(14)13-7-9(17-3)6-11(15)16/h8-9,12H,4-7H2,1-3H3,(H,13,14)(H,15,16). The fraction of sp³-hybridized carbons (Fsp3) is 0.818. The summed E-state index contributed by atoms with van der Waals surface area (Å²) < 4.78 is 4.94. The van der Waals surface area contributed by atoms with Crippen molar-refractivity contribution in [1.82, 2.24) is 10.6 Å². The Morgan fingerprint density at radius 2 is 2.00 bits per heavy atom. The van der Waals surface area contributed by atoms with Gasteiger partial charge in [-0.2, -0.15) is 0 Å². The maximum atomic E-state index is 11.4. The van der Waals surface area contributed by atoms with E-state index >= 15 is 0 Å². The lowest BCUT2D eigenvalue weighted by atomic mass is 10.2. The molecule has 0 rings (SSSR count). The molecule has 0 radical (unpaired) electrons. The topological polar surface area (TPSA) is 87.7 Å². The highest BCUT2D eigenvalue weighted by molar-refractivity contribution is 5.76. The van der Waals surface area contributed by atoms with Crippen molar-refractivity contribution >= 4 is 11.9 Å². The molecule has 0 heterocycles. The number of hydrogen-bond donors (Lipinski definition) is 3. The third-order valence-corrected chi connectivity index (χ3v) is 2.17. The molecular weight excluding hydrogens is 224 g/mol. The largest absolute Gasteiger partial charge is 0.481 e. The summed E-state index contributed by atoms with van der Waals surface area (Å²) in [6.07, 6.45) is -0.211. The van der Waals surface area contributed by atoms with Gasteiger partial charge in [0.15, 0.2) is 0 Å². The Morgan fingerprint density at radius 3 is 2.47 bits per heavy atom. The van der Waals surface area contributed by atoms with Crippen LogP contribution in [0.3, 0.4) is 0 Å². The van der Waals surface area contributed by atoms with Gasteiger partial charge in [0.2, 0.25) is 5.91 Å². The van der Waals surface area contributed by atoms with Crippen molar-refractivity contribution in [3.8, 4) is 0 Å². The Kier molecular flexibility index (Phi) is 8.35. The molecule has 0 aromatic rings. The Bertz CT molecular complexity index is 244. The zero-order valence-electron chi connectivity index (χ0n) is 10.7. The van der Waals surface area contributed by atoms with Crippen LogP contribution in [0.1, 0.15) is 26.7 Å². The molecule has 17 heavy (non-hydrogen) atoms. The maximum Gasteiger partial charge on any atom is 0.306 e. The Balaban J connectivity index is 3.69. The van der Waals surface area contributed by atoms with Crippen LogP contribution >= 0.6 is 0 Å². The molecule has 0 aliphatic rings. The molecule has 6 nitrogen and oxygen atoms in total. The minimum atomic E-state index is -0.937. The first-order valence-electron chi connectivity index (χ1n) is 5.70. The van der Waals surface area contributed by atoms with Gasteiger partial charge in [-0.1, -0.05) is 13.8 Å². The maximum absolute atomic E-state index is 11.4. The first-order valence-corrected chi connectivity index (χ1v) is 5.70. The van der Waals surface area contributed by atoms with Crippen LogP contribution in [0.2, 0.25) is 0 Å². The molecule has 6 heteroatoms. The van der Waals surface area contributed by atoms with Gasteiger partial charge >= 0.3 is 5.97 Å². The summed E-state index contributed by atoms with van der Waals surface area (Å²) in [5.74, 6) is -1.04. The van der Waals surface area contributed by atoms with E-state index in [-0.39, 0.29) is 18.9 Å². The minimum Gasteiger partial charge on any atom is -0.481 e. The summed E-state index contributed by atoms with van der Waals surface area (Å²) in [5.41, 5.74) is 0. The highest BCUT2D eigenvalue weighted by Crippen LogP contribution is 1.95. The lowest BCUT2D eigenvalue weighted by Gasteiger charge is -2.14. The Labute approximate surface area is 102 Å². The molecule has 0 aliphatic carbocycles. The second-order valence-corrected chi connectivity index (χ2v) is 4.12. The van der Waals surface area contributed by atoms with Gasteiger partial charge in [-0.25, -0.2) is 0 Å². The molecule has 0 aromatic carbocycles. The smallest absolute Gasteiger partial charge is 0.306 e. The van der Waals surface area contributed by atoms with Crippen molar-refractivity contribution in [1.29, 1.82) is 0 Å². The molecule has 1 unspecified atom stereocenters. The lowest BCUT2D eigenvalue weighted by molar-refractivity contribution is -0.140. The lowest BCUT2D eigenvalue weighted by Crippen LogP contribution is -2.36. The zero-order valence-corrected chi connectivity index (χ0v) is 10.7. The first kappa shape index (κ1) is 15.9. The number of amides is 1. The van der Waals surface area contributed by atoms with Crippen molar-refractivity contribution in [3.05, 3.63) is 0 Å². The number of nitrogens with one attached hydrogen (secondary N) is 2. The van der Waals surface area contributed by atoms with Crippen LogP contribution in [-0.4, -0.2) is 49.3 Å². The fourth-order valence-electron chi connectivity index (χ4n) is 1.22. The van der Waals surface area contributed by atoms with E-state index in [4.69, 9.17) is 9.84 Å². The highest BCUT2D eigenvalue weighted by atomic mass is 16.5. The molecular formula is C11H22N2O4. The predicted molar refractivity (Wildman–Crippen MR) is 63.8 cm³/mol. The first-order chi connectivity index (χ1) is 7.95. The third kappa shape index (κ3) is 9.77. The van der Waals surface area contributed by atoms with Gasteiger partial charge < -0.3 is 20.5 Å². The molecule has 3 N–H and O–H groups in total. The Hall–Kier alpha value is -1.14. The number of aliphatic carboxylic acids is 1. The molecule has 0 saturated carbocycles. The summed E-state index contributed by atoms with van der Waals surface area (Å²) in [4.78, 5) is 21.8. The van der Waals surface area contributed by atoms with E-state index in [0.29, 0.717) is 19.0 Å². The minimum absolute atomic E-state index is 0.106. The van der Waals surface area contributed by atoms with Crippen LogP contribution < -0.4 is 10.6 Å². The second kappa shape index (κ2) is 8.95. The van der Waals surface area contributed by atoms with Gasteiger partial charge in [0.25, 0.3) is 0 Å². The fourth-order valence-corrected chi connectivity index (χ4v) is 1.22. The molecule has 0 aromatic heterocycles. The van der Waals surface area contributed by atoms with E-state index in [9.17, 15) is 9.59 Å². The molecule has 1 atom stereocenters. The van der Waals surface area contributed by atoms with Gasteiger partial charge in [-0.05, 0) is 0 Å². The number of carbonyl (C=O) groups is 2. The van der Waals surface area contributed by atoms with Crippen LogP contribution in [0.4, 0.5) is 0 Å². The van der Waals surface area contributed by atoms with Gasteiger partial charge in [0.1, 0.15) is 0 Å². The quantitative estimate of drug-likeness (QED) is 0.532. The molecule has 0 fully saturated rings. The summed E-state index contributed by atoms with van der Waals surface area (Å²) in [6, 6.07) is 0.349. The number of carbonyl (C=O) groups excluding carboxylic acids is 1. The van der Waals surface area contributed by atoms with Crippen LogP contribution in [0.5, 0.6) is 0 Å².